The summed E-state index contributed by atoms with van der Waals surface area (Å²) in [6.45, 7) is 1.15. The molecule has 1 fully saturated rings. The summed E-state index contributed by atoms with van der Waals surface area (Å²) < 4.78 is 0.634. The van der Waals surface area contributed by atoms with Crippen LogP contribution in [0.5, 0.6) is 0 Å². The van der Waals surface area contributed by atoms with Gasteiger partial charge < -0.3 is 15.4 Å². The number of carbonyl (C=O) groups excluding carboxylic acids is 2. The zero-order chi connectivity index (χ0) is 16.2. The van der Waals surface area contributed by atoms with Crippen molar-refractivity contribution in [2.45, 2.75) is 19.4 Å². The predicted octanol–water partition coefficient (Wildman–Crippen LogP) is 1.38. The molecule has 1 aliphatic rings. The highest BCUT2D eigenvalue weighted by molar-refractivity contribution is 5.95. The highest BCUT2D eigenvalue weighted by atomic mass is 16.5. The molecule has 3 rings (SSSR count). The van der Waals surface area contributed by atoms with Crippen molar-refractivity contribution in [2.75, 3.05) is 11.4 Å². The van der Waals surface area contributed by atoms with Gasteiger partial charge in [0.15, 0.2) is 12.4 Å². The number of nitrogens with one attached hydrogen (secondary N) is 1. The first kappa shape index (κ1) is 15.0. The second kappa shape index (κ2) is 6.48. The van der Waals surface area contributed by atoms with Crippen molar-refractivity contribution in [1.29, 1.82) is 0 Å². The maximum Gasteiger partial charge on any atom is 0.252 e. The van der Waals surface area contributed by atoms with E-state index in [4.69, 9.17) is 0 Å². The third-order valence-corrected chi connectivity index (χ3v) is 3.84. The predicted molar refractivity (Wildman–Crippen MR) is 84.6 cm³/mol. The molecule has 6 nitrogen and oxygen atoms in total. The third kappa shape index (κ3) is 3.48. The molecule has 1 N–H and O–H groups in total. The van der Waals surface area contributed by atoms with E-state index in [0.29, 0.717) is 23.3 Å². The van der Waals surface area contributed by atoms with E-state index in [-0.39, 0.29) is 11.8 Å². The molecule has 118 valence electrons. The molecule has 1 saturated heterocycles. The topological polar surface area (TPSA) is 76.4 Å². The normalized spacial score (nSPS) is 14.1. The molecule has 23 heavy (non-hydrogen) atoms. The van der Waals surface area contributed by atoms with Gasteiger partial charge in [0, 0.05) is 37.3 Å². The molecule has 0 atom stereocenters. The Morgan fingerprint density at radius 3 is 2.48 bits per heavy atom. The summed E-state index contributed by atoms with van der Waals surface area (Å²) in [5.41, 5.74) is 2.28. The molecule has 2 amide bonds. The van der Waals surface area contributed by atoms with Gasteiger partial charge in [-0.2, -0.15) is 4.73 Å². The Balaban J connectivity index is 1.59. The second-order valence-electron chi connectivity index (χ2n) is 5.44. The average molecular weight is 311 g/mol. The number of rotatable bonds is 4. The molecule has 0 saturated carbocycles. The van der Waals surface area contributed by atoms with E-state index >= 15 is 0 Å². The van der Waals surface area contributed by atoms with Crippen LogP contribution in [-0.4, -0.2) is 18.4 Å². The smallest absolute Gasteiger partial charge is 0.252 e. The average Bonchev–Trinajstić information content (AvgIpc) is 3.00. The lowest BCUT2D eigenvalue weighted by molar-refractivity contribution is -0.605. The molecule has 1 aliphatic heterocycles. The fraction of sp³-hybridized carbons (Fsp3) is 0.235. The van der Waals surface area contributed by atoms with Gasteiger partial charge in [-0.15, -0.1) is 0 Å². The van der Waals surface area contributed by atoms with Crippen LogP contribution in [-0.2, 0) is 11.3 Å². The maximum absolute atomic E-state index is 12.0. The molecule has 0 spiro atoms. The van der Waals surface area contributed by atoms with Gasteiger partial charge >= 0.3 is 0 Å². The molecule has 6 heteroatoms. The van der Waals surface area contributed by atoms with Crippen LogP contribution in [0, 0.1) is 5.21 Å². The van der Waals surface area contributed by atoms with E-state index < -0.39 is 0 Å². The fourth-order valence-corrected chi connectivity index (χ4v) is 2.56. The molecular weight excluding hydrogens is 294 g/mol. The number of hydrogen-bond acceptors (Lipinski definition) is 3. The SMILES string of the molecule is O=C(NCc1ccc(N2CCCC2=O)cc1)c1cc[n+]([O-])cc1. The number of benzene rings is 1. The van der Waals surface area contributed by atoms with Crippen LogP contribution in [0.3, 0.4) is 0 Å². The third-order valence-electron chi connectivity index (χ3n) is 3.84. The first-order valence-electron chi connectivity index (χ1n) is 7.50. The molecule has 0 bridgehead atoms. The summed E-state index contributed by atoms with van der Waals surface area (Å²) in [4.78, 5) is 25.5. The zero-order valence-corrected chi connectivity index (χ0v) is 12.6. The highest BCUT2D eigenvalue weighted by Crippen LogP contribution is 2.21. The highest BCUT2D eigenvalue weighted by Gasteiger charge is 2.21. The van der Waals surface area contributed by atoms with Gasteiger partial charge in [-0.1, -0.05) is 12.1 Å². The minimum atomic E-state index is -0.232. The molecular formula is C17H17N3O3. The lowest BCUT2D eigenvalue weighted by Gasteiger charge is -2.16. The number of nitrogens with zero attached hydrogens (tertiary/aromatic N) is 2. The van der Waals surface area contributed by atoms with Crippen LogP contribution in [0.15, 0.2) is 48.8 Å². The van der Waals surface area contributed by atoms with Gasteiger partial charge in [-0.25, -0.2) is 0 Å². The number of carbonyl (C=O) groups is 2. The van der Waals surface area contributed by atoms with E-state index in [1.807, 2.05) is 24.3 Å². The number of amides is 2. The van der Waals surface area contributed by atoms with Crippen LogP contribution >= 0.6 is 0 Å². The van der Waals surface area contributed by atoms with Gasteiger partial charge in [0.1, 0.15) is 0 Å². The molecule has 1 aromatic carbocycles. The van der Waals surface area contributed by atoms with E-state index in [2.05, 4.69) is 5.32 Å². The molecule has 2 aromatic rings. The van der Waals surface area contributed by atoms with Crippen LogP contribution in [0.25, 0.3) is 0 Å². The number of hydrogen-bond donors (Lipinski definition) is 1. The van der Waals surface area contributed by atoms with E-state index in [9.17, 15) is 14.8 Å². The standard InChI is InChI=1S/C17H17N3O3/c21-16-2-1-9-20(16)15-5-3-13(4-6-15)12-18-17(22)14-7-10-19(23)11-8-14/h3-8,10-11H,1-2,9,12H2,(H,18,22). The summed E-state index contributed by atoms with van der Waals surface area (Å²) in [5.74, 6) is -0.0739. The summed E-state index contributed by atoms with van der Waals surface area (Å²) >= 11 is 0. The Kier molecular flexibility index (Phi) is 4.23. The Morgan fingerprint density at radius 2 is 1.87 bits per heavy atom. The van der Waals surface area contributed by atoms with E-state index in [0.717, 1.165) is 24.2 Å². The van der Waals surface area contributed by atoms with Crippen molar-refractivity contribution >= 4 is 17.5 Å². The first-order chi connectivity index (χ1) is 11.1. The molecule has 1 aromatic heterocycles. The van der Waals surface area contributed by atoms with E-state index in [1.54, 1.807) is 4.90 Å². The number of aromatic nitrogens is 1. The van der Waals surface area contributed by atoms with Crippen molar-refractivity contribution in [1.82, 2.24) is 5.32 Å². The second-order valence-corrected chi connectivity index (χ2v) is 5.44. The lowest BCUT2D eigenvalue weighted by atomic mass is 10.2. The molecule has 0 radical (unpaired) electrons. The Morgan fingerprint density at radius 1 is 1.17 bits per heavy atom. The fourth-order valence-electron chi connectivity index (χ4n) is 2.56. The van der Waals surface area contributed by atoms with Crippen molar-refractivity contribution < 1.29 is 14.3 Å². The van der Waals surface area contributed by atoms with Gasteiger partial charge in [-0.05, 0) is 24.1 Å². The summed E-state index contributed by atoms with van der Waals surface area (Å²) in [5, 5.41) is 13.7. The maximum atomic E-state index is 12.0. The van der Waals surface area contributed by atoms with Crippen molar-refractivity contribution in [3.05, 3.63) is 65.1 Å². The first-order valence-corrected chi connectivity index (χ1v) is 7.50. The molecule has 0 unspecified atom stereocenters. The lowest BCUT2D eigenvalue weighted by Crippen LogP contribution is -2.27. The Bertz CT molecular complexity index is 711. The Hall–Kier alpha value is -2.89. The Labute approximate surface area is 133 Å². The molecule has 2 heterocycles. The summed E-state index contributed by atoms with van der Waals surface area (Å²) in [6.07, 6.45) is 4.09. The number of pyridine rings is 1. The minimum absolute atomic E-state index is 0.158. The van der Waals surface area contributed by atoms with E-state index in [1.165, 1.54) is 24.5 Å². The van der Waals surface area contributed by atoms with Crippen LogP contribution in [0.2, 0.25) is 0 Å². The largest absolute Gasteiger partial charge is 0.619 e. The number of anilines is 1. The minimum Gasteiger partial charge on any atom is -0.619 e. The van der Waals surface area contributed by atoms with Gasteiger partial charge in [0.25, 0.3) is 5.91 Å². The zero-order valence-electron chi connectivity index (χ0n) is 12.6. The summed E-state index contributed by atoms with van der Waals surface area (Å²) in [6, 6.07) is 10.5. The van der Waals surface area contributed by atoms with Gasteiger partial charge in [0.05, 0.1) is 5.56 Å². The van der Waals surface area contributed by atoms with Crippen LogP contribution < -0.4 is 14.9 Å². The van der Waals surface area contributed by atoms with Crippen molar-refractivity contribution in [2.24, 2.45) is 0 Å². The van der Waals surface area contributed by atoms with Crippen molar-refractivity contribution in [3.8, 4) is 0 Å². The summed E-state index contributed by atoms with van der Waals surface area (Å²) in [7, 11) is 0. The van der Waals surface area contributed by atoms with Gasteiger partial charge in [-0.3, -0.25) is 9.59 Å². The molecule has 0 aliphatic carbocycles. The van der Waals surface area contributed by atoms with Crippen LogP contribution in [0.4, 0.5) is 5.69 Å². The van der Waals surface area contributed by atoms with Gasteiger partial charge in [0.2, 0.25) is 5.91 Å². The quantitative estimate of drug-likeness (QED) is 0.684. The monoisotopic (exact) mass is 311 g/mol. The van der Waals surface area contributed by atoms with Crippen LogP contribution in [0.1, 0.15) is 28.8 Å². The van der Waals surface area contributed by atoms with Crippen molar-refractivity contribution in [3.63, 3.8) is 0 Å².